The van der Waals surface area contributed by atoms with Crippen molar-refractivity contribution in [3.63, 3.8) is 0 Å². The van der Waals surface area contributed by atoms with E-state index in [1.807, 2.05) is 0 Å². The summed E-state index contributed by atoms with van der Waals surface area (Å²) in [6.07, 6.45) is 0. The molecule has 1 N–H and O–H groups in total. The van der Waals surface area contributed by atoms with Gasteiger partial charge in [-0.05, 0) is 24.3 Å². The van der Waals surface area contributed by atoms with Gasteiger partial charge < -0.3 is 5.32 Å². The number of nitro benzene ring substituents is 1. The van der Waals surface area contributed by atoms with Crippen LogP contribution in [0.25, 0.3) is 0 Å². The molecule has 0 aromatic heterocycles. The molecule has 0 radical (unpaired) electrons. The van der Waals surface area contributed by atoms with Crippen molar-refractivity contribution in [2.45, 2.75) is 18.7 Å². The van der Waals surface area contributed by atoms with E-state index < -0.39 is 44.9 Å². The first kappa shape index (κ1) is 24.3. The van der Waals surface area contributed by atoms with Crippen LogP contribution in [0.4, 0.5) is 11.4 Å². The summed E-state index contributed by atoms with van der Waals surface area (Å²) in [6, 6.07) is 7.41. The Hall–Kier alpha value is -3.35. The number of nitrogens with zero attached hydrogens (tertiary/aromatic N) is 3. The molecular formula is C20H19ClN4O7S. The van der Waals surface area contributed by atoms with E-state index in [0.717, 1.165) is 6.07 Å². The topological polar surface area (TPSA) is 147 Å². The van der Waals surface area contributed by atoms with E-state index in [1.54, 1.807) is 13.8 Å². The van der Waals surface area contributed by atoms with Crippen molar-refractivity contribution in [3.8, 4) is 0 Å². The Morgan fingerprint density at radius 2 is 1.82 bits per heavy atom. The number of nitro groups is 1. The van der Waals surface area contributed by atoms with Gasteiger partial charge >= 0.3 is 0 Å². The molecule has 2 aromatic rings. The molecule has 3 amide bonds. The van der Waals surface area contributed by atoms with Gasteiger partial charge in [-0.3, -0.25) is 29.4 Å². The summed E-state index contributed by atoms with van der Waals surface area (Å²) in [5, 5.41) is 13.6. The van der Waals surface area contributed by atoms with Crippen molar-refractivity contribution in [1.29, 1.82) is 0 Å². The summed E-state index contributed by atoms with van der Waals surface area (Å²) in [5.41, 5.74) is -1.12. The molecule has 174 valence electrons. The molecule has 0 bridgehead atoms. The standard InChI is InChI=1S/C20H19ClN4O7S/c1-3-23(4-2)33(31,32)12-8-9-14(21)15(10-12)22-17(26)11-24-19(27)13-6-5-7-16(25(29)30)18(13)20(24)28/h5-10H,3-4,11H2,1-2H3,(H,22,26). The highest BCUT2D eigenvalue weighted by atomic mass is 35.5. The number of nitrogens with one attached hydrogen (secondary N) is 1. The van der Waals surface area contributed by atoms with Crippen LogP contribution in [0.3, 0.4) is 0 Å². The SMILES string of the molecule is CCN(CC)S(=O)(=O)c1ccc(Cl)c(NC(=O)CN2C(=O)c3cccc([N+](=O)[O-])c3C2=O)c1. The summed E-state index contributed by atoms with van der Waals surface area (Å²) in [4.78, 5) is 48.7. The summed E-state index contributed by atoms with van der Waals surface area (Å²) in [6.45, 7) is 3.12. The Labute approximate surface area is 194 Å². The van der Waals surface area contributed by atoms with Gasteiger partial charge in [0.05, 0.1) is 26.1 Å². The van der Waals surface area contributed by atoms with Crippen LogP contribution < -0.4 is 5.32 Å². The Balaban J connectivity index is 1.83. The van der Waals surface area contributed by atoms with Crippen LogP contribution in [0.2, 0.25) is 5.02 Å². The van der Waals surface area contributed by atoms with Gasteiger partial charge in [-0.15, -0.1) is 0 Å². The molecule has 3 rings (SSSR count). The fourth-order valence-electron chi connectivity index (χ4n) is 3.42. The van der Waals surface area contributed by atoms with Crippen LogP contribution in [0.15, 0.2) is 41.3 Å². The Kier molecular flexibility index (Phi) is 6.81. The van der Waals surface area contributed by atoms with Gasteiger partial charge in [0.25, 0.3) is 17.5 Å². The van der Waals surface area contributed by atoms with Crippen molar-refractivity contribution in [3.05, 3.63) is 62.7 Å². The lowest BCUT2D eigenvalue weighted by Crippen LogP contribution is -2.37. The monoisotopic (exact) mass is 494 g/mol. The van der Waals surface area contributed by atoms with E-state index in [2.05, 4.69) is 5.32 Å². The first-order chi connectivity index (χ1) is 15.5. The normalized spacial score (nSPS) is 13.4. The number of hydrogen-bond donors (Lipinski definition) is 1. The average molecular weight is 495 g/mol. The second-order valence-corrected chi connectivity index (χ2v) is 9.28. The Morgan fingerprint density at radius 1 is 1.15 bits per heavy atom. The summed E-state index contributed by atoms with van der Waals surface area (Å²) in [7, 11) is -3.82. The number of sulfonamides is 1. The van der Waals surface area contributed by atoms with E-state index in [0.29, 0.717) is 4.90 Å². The van der Waals surface area contributed by atoms with E-state index in [9.17, 15) is 32.9 Å². The lowest BCUT2D eigenvalue weighted by Gasteiger charge is -2.19. The highest BCUT2D eigenvalue weighted by Crippen LogP contribution is 2.31. The number of carbonyl (C=O) groups excluding carboxylic acids is 3. The van der Waals surface area contributed by atoms with Crippen molar-refractivity contribution in [2.75, 3.05) is 25.0 Å². The van der Waals surface area contributed by atoms with E-state index >= 15 is 0 Å². The molecular weight excluding hydrogens is 476 g/mol. The van der Waals surface area contributed by atoms with Crippen molar-refractivity contribution in [1.82, 2.24) is 9.21 Å². The summed E-state index contributed by atoms with van der Waals surface area (Å²) < 4.78 is 26.7. The number of amides is 3. The first-order valence-electron chi connectivity index (χ1n) is 9.76. The van der Waals surface area contributed by atoms with Crippen LogP contribution in [-0.4, -0.2) is 59.9 Å². The van der Waals surface area contributed by atoms with Crippen molar-refractivity contribution in [2.24, 2.45) is 0 Å². The third-order valence-electron chi connectivity index (χ3n) is 5.03. The minimum absolute atomic E-state index is 0.0301. The second-order valence-electron chi connectivity index (χ2n) is 6.93. The molecule has 11 nitrogen and oxygen atoms in total. The third-order valence-corrected chi connectivity index (χ3v) is 7.41. The molecule has 1 aliphatic heterocycles. The zero-order chi connectivity index (χ0) is 24.5. The number of imide groups is 1. The fourth-order valence-corrected chi connectivity index (χ4v) is 5.07. The molecule has 0 spiro atoms. The van der Waals surface area contributed by atoms with Gasteiger partial charge in [-0.2, -0.15) is 4.31 Å². The van der Waals surface area contributed by atoms with Crippen LogP contribution in [-0.2, 0) is 14.8 Å². The highest BCUT2D eigenvalue weighted by Gasteiger charge is 2.41. The number of anilines is 1. The zero-order valence-corrected chi connectivity index (χ0v) is 19.1. The lowest BCUT2D eigenvalue weighted by molar-refractivity contribution is -0.385. The van der Waals surface area contributed by atoms with Gasteiger partial charge in [0.2, 0.25) is 15.9 Å². The van der Waals surface area contributed by atoms with Gasteiger partial charge in [-0.1, -0.05) is 31.5 Å². The fraction of sp³-hybridized carbons (Fsp3) is 0.250. The van der Waals surface area contributed by atoms with Gasteiger partial charge in [0.15, 0.2) is 0 Å². The van der Waals surface area contributed by atoms with Crippen molar-refractivity contribution >= 4 is 50.7 Å². The largest absolute Gasteiger partial charge is 0.323 e. The number of halogens is 1. The average Bonchev–Trinajstić information content (AvgIpc) is 3.00. The quantitative estimate of drug-likeness (QED) is 0.337. The maximum Gasteiger partial charge on any atom is 0.282 e. The summed E-state index contributed by atoms with van der Waals surface area (Å²) >= 11 is 6.09. The minimum Gasteiger partial charge on any atom is -0.323 e. The molecule has 0 saturated heterocycles. The number of carbonyl (C=O) groups is 3. The number of fused-ring (bicyclic) bond motifs is 1. The zero-order valence-electron chi connectivity index (χ0n) is 17.6. The molecule has 33 heavy (non-hydrogen) atoms. The smallest absolute Gasteiger partial charge is 0.282 e. The van der Waals surface area contributed by atoms with Gasteiger partial charge in [-0.25, -0.2) is 8.42 Å². The Morgan fingerprint density at radius 3 is 2.42 bits per heavy atom. The molecule has 0 atom stereocenters. The number of rotatable bonds is 8. The molecule has 13 heteroatoms. The third kappa shape index (κ3) is 4.45. The van der Waals surface area contributed by atoms with Gasteiger partial charge in [0, 0.05) is 19.2 Å². The minimum atomic E-state index is -3.82. The molecule has 2 aromatic carbocycles. The first-order valence-corrected chi connectivity index (χ1v) is 11.6. The molecule has 0 fully saturated rings. The molecule has 0 saturated carbocycles. The molecule has 0 aliphatic carbocycles. The summed E-state index contributed by atoms with van der Waals surface area (Å²) in [5.74, 6) is -2.66. The predicted octanol–water partition coefficient (Wildman–Crippen LogP) is 2.51. The van der Waals surface area contributed by atoms with Crippen LogP contribution in [0, 0.1) is 10.1 Å². The van der Waals surface area contributed by atoms with Crippen LogP contribution in [0.1, 0.15) is 34.6 Å². The van der Waals surface area contributed by atoms with E-state index in [-0.39, 0.29) is 39.8 Å². The second kappa shape index (κ2) is 9.25. The molecule has 0 unspecified atom stereocenters. The predicted molar refractivity (Wildman–Crippen MR) is 119 cm³/mol. The maximum absolute atomic E-state index is 12.7. The van der Waals surface area contributed by atoms with E-state index in [1.165, 1.54) is 34.6 Å². The Bertz CT molecular complexity index is 1280. The van der Waals surface area contributed by atoms with Crippen molar-refractivity contribution < 1.29 is 27.7 Å². The van der Waals surface area contributed by atoms with Crippen LogP contribution >= 0.6 is 11.6 Å². The lowest BCUT2D eigenvalue weighted by atomic mass is 10.1. The van der Waals surface area contributed by atoms with Crippen LogP contribution in [0.5, 0.6) is 0 Å². The van der Waals surface area contributed by atoms with Gasteiger partial charge in [0.1, 0.15) is 12.1 Å². The molecule has 1 heterocycles. The number of hydrogen-bond acceptors (Lipinski definition) is 7. The molecule has 1 aliphatic rings. The highest BCUT2D eigenvalue weighted by molar-refractivity contribution is 7.89. The maximum atomic E-state index is 12.7. The van der Waals surface area contributed by atoms with E-state index in [4.69, 9.17) is 11.6 Å². The number of benzene rings is 2.